The maximum absolute atomic E-state index is 12.1. The van der Waals surface area contributed by atoms with Gasteiger partial charge in [-0.25, -0.2) is 4.79 Å². The van der Waals surface area contributed by atoms with Gasteiger partial charge in [0.15, 0.2) is 6.61 Å². The van der Waals surface area contributed by atoms with Crippen molar-refractivity contribution in [2.75, 3.05) is 25.1 Å². The Hall–Kier alpha value is -1.67. The lowest BCUT2D eigenvalue weighted by Crippen LogP contribution is -2.30. The third kappa shape index (κ3) is 7.05. The molecule has 0 saturated heterocycles. The topological polar surface area (TPSA) is 70.6 Å². The zero-order valence-electron chi connectivity index (χ0n) is 10.8. The molecule has 0 saturated carbocycles. The smallest absolute Gasteiger partial charge is 0.422 e. The van der Waals surface area contributed by atoms with E-state index in [2.05, 4.69) is 15.4 Å². The number of hydrogen-bond donors (Lipinski definition) is 3. The fourth-order valence-corrected chi connectivity index (χ4v) is 1.50. The van der Waals surface area contributed by atoms with Gasteiger partial charge in [-0.3, -0.25) is 0 Å². The molecular weight excluding hydrogens is 313 g/mol. The van der Waals surface area contributed by atoms with Crippen molar-refractivity contribution in [2.24, 2.45) is 0 Å². The SMILES string of the molecule is O=C(NCCCO)Nc1cc(Cl)ccc1OCC(F)(F)F. The molecule has 0 aliphatic rings. The fraction of sp³-hybridized carbons (Fsp3) is 0.417. The highest BCUT2D eigenvalue weighted by molar-refractivity contribution is 6.31. The number of hydrogen-bond acceptors (Lipinski definition) is 3. The lowest BCUT2D eigenvalue weighted by Gasteiger charge is -2.14. The second kappa shape index (κ2) is 7.94. The van der Waals surface area contributed by atoms with Gasteiger partial charge >= 0.3 is 12.2 Å². The van der Waals surface area contributed by atoms with Crippen LogP contribution in [0, 0.1) is 0 Å². The van der Waals surface area contributed by atoms with Crippen LogP contribution in [0.1, 0.15) is 6.42 Å². The number of alkyl halides is 3. The second-order valence-electron chi connectivity index (χ2n) is 4.00. The van der Waals surface area contributed by atoms with Crippen LogP contribution in [0.4, 0.5) is 23.7 Å². The number of benzene rings is 1. The number of rotatable bonds is 6. The maximum atomic E-state index is 12.1. The minimum Gasteiger partial charge on any atom is -0.482 e. The predicted molar refractivity (Wildman–Crippen MR) is 71.7 cm³/mol. The van der Waals surface area contributed by atoms with E-state index in [0.29, 0.717) is 6.42 Å². The van der Waals surface area contributed by atoms with E-state index < -0.39 is 18.8 Å². The lowest BCUT2D eigenvalue weighted by atomic mass is 10.3. The van der Waals surface area contributed by atoms with E-state index in [1.54, 1.807) is 0 Å². The summed E-state index contributed by atoms with van der Waals surface area (Å²) in [5.41, 5.74) is 0.0215. The number of urea groups is 1. The van der Waals surface area contributed by atoms with Gasteiger partial charge in [-0.15, -0.1) is 0 Å². The zero-order valence-corrected chi connectivity index (χ0v) is 11.6. The summed E-state index contributed by atoms with van der Waals surface area (Å²) in [6.07, 6.45) is -4.12. The minimum absolute atomic E-state index is 0.0215. The molecule has 1 rings (SSSR count). The molecule has 0 unspecified atom stereocenters. The molecule has 0 aromatic heterocycles. The number of aliphatic hydroxyl groups excluding tert-OH is 1. The number of carbonyl (C=O) groups excluding carboxylic acids is 1. The van der Waals surface area contributed by atoms with Crippen molar-refractivity contribution < 1.29 is 27.8 Å². The molecule has 1 aromatic carbocycles. The van der Waals surface area contributed by atoms with Crippen molar-refractivity contribution in [1.29, 1.82) is 0 Å². The molecule has 5 nitrogen and oxygen atoms in total. The van der Waals surface area contributed by atoms with Crippen LogP contribution in [0.15, 0.2) is 18.2 Å². The molecule has 0 atom stereocenters. The Bertz CT molecular complexity index is 483. The lowest BCUT2D eigenvalue weighted by molar-refractivity contribution is -0.153. The molecule has 0 fully saturated rings. The Labute approximate surface area is 124 Å². The van der Waals surface area contributed by atoms with Gasteiger partial charge in [-0.05, 0) is 24.6 Å². The largest absolute Gasteiger partial charge is 0.482 e. The van der Waals surface area contributed by atoms with E-state index in [9.17, 15) is 18.0 Å². The van der Waals surface area contributed by atoms with E-state index in [1.165, 1.54) is 18.2 Å². The molecule has 118 valence electrons. The van der Waals surface area contributed by atoms with Gasteiger partial charge in [-0.1, -0.05) is 11.6 Å². The molecular formula is C12H14ClF3N2O3. The Morgan fingerprint density at radius 1 is 1.38 bits per heavy atom. The van der Waals surface area contributed by atoms with E-state index in [4.69, 9.17) is 16.7 Å². The number of nitrogens with one attached hydrogen (secondary N) is 2. The van der Waals surface area contributed by atoms with Crippen molar-refractivity contribution in [1.82, 2.24) is 5.32 Å². The van der Waals surface area contributed by atoms with Crippen LogP contribution < -0.4 is 15.4 Å². The number of ether oxygens (including phenoxy) is 1. The standard InChI is InChI=1S/C12H14ClF3N2O3/c13-8-2-3-10(21-7-12(14,15)16)9(6-8)18-11(20)17-4-1-5-19/h2-3,6,19H,1,4-5,7H2,(H2,17,18,20). The molecule has 0 heterocycles. The van der Waals surface area contributed by atoms with E-state index in [-0.39, 0.29) is 29.6 Å². The van der Waals surface area contributed by atoms with Crippen molar-refractivity contribution in [3.63, 3.8) is 0 Å². The first-order valence-corrected chi connectivity index (χ1v) is 6.34. The van der Waals surface area contributed by atoms with Crippen LogP contribution in [-0.4, -0.2) is 37.1 Å². The van der Waals surface area contributed by atoms with Gasteiger partial charge in [0, 0.05) is 18.2 Å². The predicted octanol–water partition coefficient (Wildman–Crippen LogP) is 2.79. The number of aliphatic hydroxyl groups is 1. The van der Waals surface area contributed by atoms with Gasteiger partial charge in [0.2, 0.25) is 0 Å². The molecule has 0 radical (unpaired) electrons. The molecule has 1 aromatic rings. The number of amides is 2. The highest BCUT2D eigenvalue weighted by atomic mass is 35.5. The Kier molecular flexibility index (Phi) is 6.57. The van der Waals surface area contributed by atoms with Gasteiger partial charge in [0.05, 0.1) is 5.69 Å². The molecule has 0 spiro atoms. The Morgan fingerprint density at radius 3 is 2.71 bits per heavy atom. The van der Waals surface area contributed by atoms with Crippen LogP contribution in [0.2, 0.25) is 5.02 Å². The quantitative estimate of drug-likeness (QED) is 0.704. The van der Waals surface area contributed by atoms with Gasteiger partial charge in [0.25, 0.3) is 0 Å². The van der Waals surface area contributed by atoms with E-state index >= 15 is 0 Å². The number of anilines is 1. The van der Waals surface area contributed by atoms with Crippen LogP contribution in [0.25, 0.3) is 0 Å². The summed E-state index contributed by atoms with van der Waals surface area (Å²) in [5.74, 6) is -0.144. The zero-order chi connectivity index (χ0) is 15.9. The first-order valence-electron chi connectivity index (χ1n) is 5.96. The molecule has 3 N–H and O–H groups in total. The van der Waals surface area contributed by atoms with Crippen molar-refractivity contribution in [2.45, 2.75) is 12.6 Å². The summed E-state index contributed by atoms with van der Waals surface area (Å²) in [4.78, 5) is 11.5. The van der Waals surface area contributed by atoms with Crippen LogP contribution >= 0.6 is 11.6 Å². The summed E-state index contributed by atoms with van der Waals surface area (Å²) in [6, 6.07) is 3.22. The Morgan fingerprint density at radius 2 is 2.10 bits per heavy atom. The summed E-state index contributed by atoms with van der Waals surface area (Å²) in [5, 5.41) is 13.6. The first kappa shape index (κ1) is 17.4. The molecule has 21 heavy (non-hydrogen) atoms. The third-order valence-corrected chi connectivity index (χ3v) is 2.44. The minimum atomic E-state index is -4.49. The van der Waals surface area contributed by atoms with Crippen molar-refractivity contribution >= 4 is 23.3 Å². The average Bonchev–Trinajstić information content (AvgIpc) is 2.37. The number of carbonyl (C=O) groups is 1. The molecule has 0 bridgehead atoms. The summed E-state index contributed by atoms with van der Waals surface area (Å²) in [6.45, 7) is -1.34. The highest BCUT2D eigenvalue weighted by Crippen LogP contribution is 2.29. The van der Waals surface area contributed by atoms with Crippen molar-refractivity contribution in [3.05, 3.63) is 23.2 Å². The summed E-state index contributed by atoms with van der Waals surface area (Å²) < 4.78 is 41.1. The fourth-order valence-electron chi connectivity index (χ4n) is 1.33. The molecule has 0 aliphatic heterocycles. The molecule has 9 heteroatoms. The van der Waals surface area contributed by atoms with Gasteiger partial charge in [-0.2, -0.15) is 13.2 Å². The summed E-state index contributed by atoms with van der Waals surface area (Å²) in [7, 11) is 0. The Balaban J connectivity index is 2.70. The molecule has 0 aliphatic carbocycles. The van der Waals surface area contributed by atoms with E-state index in [1.807, 2.05) is 0 Å². The van der Waals surface area contributed by atoms with Crippen molar-refractivity contribution in [3.8, 4) is 5.75 Å². The van der Waals surface area contributed by atoms with Gasteiger partial charge in [0.1, 0.15) is 5.75 Å². The monoisotopic (exact) mass is 326 g/mol. The van der Waals surface area contributed by atoms with Gasteiger partial charge < -0.3 is 20.5 Å². The number of halogens is 4. The van der Waals surface area contributed by atoms with E-state index in [0.717, 1.165) is 0 Å². The second-order valence-corrected chi connectivity index (χ2v) is 4.44. The average molecular weight is 327 g/mol. The summed E-state index contributed by atoms with van der Waals surface area (Å²) >= 11 is 5.73. The first-order chi connectivity index (χ1) is 9.81. The molecule has 2 amide bonds. The van der Waals surface area contributed by atoms with Crippen LogP contribution in [0.3, 0.4) is 0 Å². The normalized spacial score (nSPS) is 11.1. The highest BCUT2D eigenvalue weighted by Gasteiger charge is 2.29. The van der Waals surface area contributed by atoms with Crippen LogP contribution in [0.5, 0.6) is 5.75 Å². The van der Waals surface area contributed by atoms with Crippen LogP contribution in [-0.2, 0) is 0 Å². The third-order valence-electron chi connectivity index (χ3n) is 2.20. The maximum Gasteiger partial charge on any atom is 0.422 e.